The second-order valence-corrected chi connectivity index (χ2v) is 6.29. The van der Waals surface area contributed by atoms with E-state index >= 15 is 0 Å². The molecule has 0 aliphatic carbocycles. The van der Waals surface area contributed by atoms with Crippen LogP contribution in [-0.4, -0.2) is 10.5 Å². The number of rotatable bonds is 6. The lowest BCUT2D eigenvalue weighted by Gasteiger charge is -2.19. The molecule has 1 N–H and O–H groups in total. The minimum absolute atomic E-state index is 0.0543. The summed E-state index contributed by atoms with van der Waals surface area (Å²) in [5.41, 5.74) is 0.785. The number of nitrogens with one attached hydrogen (secondary N) is 1. The standard InChI is InChI=1S/C18H17FN2OS/c19-15-6-3-5-14(11-15)17(21-8-1-2-9-21)12-18(22)20-13-16-7-4-10-23-16/h1-11,17H,12-13H2,(H,20,22)/t17-/m1/s1. The molecule has 3 rings (SSSR count). The highest BCUT2D eigenvalue weighted by molar-refractivity contribution is 7.09. The van der Waals surface area contributed by atoms with Crippen LogP contribution in [0.2, 0.25) is 0 Å². The van der Waals surface area contributed by atoms with Crippen LogP contribution in [0.15, 0.2) is 66.3 Å². The van der Waals surface area contributed by atoms with Gasteiger partial charge in [-0.1, -0.05) is 18.2 Å². The monoisotopic (exact) mass is 328 g/mol. The summed E-state index contributed by atoms with van der Waals surface area (Å²) in [6.07, 6.45) is 4.05. The van der Waals surface area contributed by atoms with Crippen molar-refractivity contribution in [2.24, 2.45) is 0 Å². The third-order valence-corrected chi connectivity index (χ3v) is 4.52. The number of benzene rings is 1. The van der Waals surface area contributed by atoms with E-state index in [2.05, 4.69) is 5.32 Å². The largest absolute Gasteiger partial charge is 0.351 e. The third kappa shape index (κ3) is 4.07. The van der Waals surface area contributed by atoms with E-state index in [0.29, 0.717) is 6.54 Å². The van der Waals surface area contributed by atoms with Gasteiger partial charge in [-0.2, -0.15) is 0 Å². The molecule has 2 heterocycles. The quantitative estimate of drug-likeness (QED) is 0.729. The Morgan fingerprint density at radius 3 is 2.70 bits per heavy atom. The lowest BCUT2D eigenvalue weighted by atomic mass is 10.0. The van der Waals surface area contributed by atoms with Gasteiger partial charge >= 0.3 is 0 Å². The van der Waals surface area contributed by atoms with Gasteiger partial charge < -0.3 is 9.88 Å². The van der Waals surface area contributed by atoms with Gasteiger partial charge in [0, 0.05) is 17.3 Å². The van der Waals surface area contributed by atoms with E-state index in [1.54, 1.807) is 17.4 Å². The number of carbonyl (C=O) groups excluding carboxylic acids is 1. The minimum atomic E-state index is -0.293. The number of hydrogen-bond donors (Lipinski definition) is 1. The Balaban J connectivity index is 1.72. The van der Waals surface area contributed by atoms with Crippen LogP contribution in [0, 0.1) is 5.82 Å². The van der Waals surface area contributed by atoms with Crippen LogP contribution in [-0.2, 0) is 11.3 Å². The van der Waals surface area contributed by atoms with Crippen LogP contribution in [0.25, 0.3) is 0 Å². The van der Waals surface area contributed by atoms with Crippen molar-refractivity contribution < 1.29 is 9.18 Å². The molecule has 0 unspecified atom stereocenters. The number of hydrogen-bond acceptors (Lipinski definition) is 2. The average molecular weight is 328 g/mol. The third-order valence-electron chi connectivity index (χ3n) is 3.64. The van der Waals surface area contributed by atoms with E-state index < -0.39 is 0 Å². The zero-order valence-electron chi connectivity index (χ0n) is 12.5. The number of nitrogens with zero attached hydrogens (tertiary/aromatic N) is 1. The summed E-state index contributed by atoms with van der Waals surface area (Å²) in [4.78, 5) is 13.4. The summed E-state index contributed by atoms with van der Waals surface area (Å²) in [7, 11) is 0. The predicted molar refractivity (Wildman–Crippen MR) is 89.8 cm³/mol. The number of halogens is 1. The molecule has 118 valence electrons. The van der Waals surface area contributed by atoms with Gasteiger partial charge in [0.1, 0.15) is 5.82 Å². The van der Waals surface area contributed by atoms with Crippen molar-refractivity contribution in [3.8, 4) is 0 Å². The van der Waals surface area contributed by atoms with Crippen LogP contribution in [0.4, 0.5) is 4.39 Å². The molecule has 0 aliphatic heterocycles. The van der Waals surface area contributed by atoms with E-state index in [1.165, 1.54) is 12.1 Å². The van der Waals surface area contributed by atoms with Gasteiger partial charge in [-0.25, -0.2) is 4.39 Å². The van der Waals surface area contributed by atoms with Crippen LogP contribution in [0.3, 0.4) is 0 Å². The summed E-state index contributed by atoms with van der Waals surface area (Å²) in [5.74, 6) is -0.347. The molecule has 23 heavy (non-hydrogen) atoms. The first-order valence-electron chi connectivity index (χ1n) is 7.39. The first kappa shape index (κ1) is 15.5. The van der Waals surface area contributed by atoms with Gasteiger partial charge in [-0.15, -0.1) is 11.3 Å². The average Bonchev–Trinajstić information content (AvgIpc) is 3.24. The van der Waals surface area contributed by atoms with E-state index in [-0.39, 0.29) is 24.2 Å². The molecule has 5 heteroatoms. The Morgan fingerprint density at radius 2 is 2.00 bits per heavy atom. The summed E-state index contributed by atoms with van der Waals surface area (Å²) in [6, 6.07) is 13.9. The highest BCUT2D eigenvalue weighted by Crippen LogP contribution is 2.23. The van der Waals surface area contributed by atoms with Crippen molar-refractivity contribution >= 4 is 17.2 Å². The Labute approximate surface area is 138 Å². The summed E-state index contributed by atoms with van der Waals surface area (Å²) in [5, 5.41) is 4.91. The van der Waals surface area contributed by atoms with Crippen molar-refractivity contribution in [2.45, 2.75) is 19.0 Å². The molecular formula is C18H17FN2OS. The molecular weight excluding hydrogens is 311 g/mol. The molecule has 1 aromatic carbocycles. The van der Waals surface area contributed by atoms with E-state index in [0.717, 1.165) is 10.4 Å². The maximum absolute atomic E-state index is 13.5. The van der Waals surface area contributed by atoms with Crippen LogP contribution < -0.4 is 5.32 Å². The summed E-state index contributed by atoms with van der Waals surface area (Å²) in [6.45, 7) is 0.526. The normalized spacial score (nSPS) is 12.0. The second-order valence-electron chi connectivity index (χ2n) is 5.26. The van der Waals surface area contributed by atoms with E-state index in [1.807, 2.05) is 52.7 Å². The van der Waals surface area contributed by atoms with Crippen molar-refractivity contribution in [3.05, 3.63) is 82.6 Å². The predicted octanol–water partition coefficient (Wildman–Crippen LogP) is 3.98. The molecule has 3 nitrogen and oxygen atoms in total. The Kier molecular flexibility index (Phi) is 4.88. The van der Waals surface area contributed by atoms with Gasteiger partial charge in [0.15, 0.2) is 0 Å². The van der Waals surface area contributed by atoms with Crippen LogP contribution in [0.5, 0.6) is 0 Å². The van der Waals surface area contributed by atoms with Gasteiger partial charge in [-0.3, -0.25) is 4.79 Å². The van der Waals surface area contributed by atoms with E-state index in [9.17, 15) is 9.18 Å². The second kappa shape index (κ2) is 7.24. The molecule has 0 radical (unpaired) electrons. The molecule has 0 aliphatic rings. The fraction of sp³-hybridized carbons (Fsp3) is 0.167. The molecule has 3 aromatic rings. The highest BCUT2D eigenvalue weighted by Gasteiger charge is 2.17. The zero-order chi connectivity index (χ0) is 16.1. The number of aromatic nitrogens is 1. The van der Waals surface area contributed by atoms with Gasteiger partial charge in [0.05, 0.1) is 19.0 Å². The van der Waals surface area contributed by atoms with E-state index in [4.69, 9.17) is 0 Å². The lowest BCUT2D eigenvalue weighted by Crippen LogP contribution is -2.26. The fourth-order valence-corrected chi connectivity index (χ4v) is 3.16. The molecule has 0 fully saturated rings. The zero-order valence-corrected chi connectivity index (χ0v) is 13.3. The number of carbonyl (C=O) groups is 1. The molecule has 0 saturated heterocycles. The lowest BCUT2D eigenvalue weighted by molar-refractivity contribution is -0.121. The smallest absolute Gasteiger partial charge is 0.222 e. The molecule has 0 spiro atoms. The molecule has 0 bridgehead atoms. The summed E-state index contributed by atoms with van der Waals surface area (Å²) >= 11 is 1.61. The van der Waals surface area contributed by atoms with Gasteiger partial charge in [0.2, 0.25) is 5.91 Å². The van der Waals surface area contributed by atoms with Crippen LogP contribution >= 0.6 is 11.3 Å². The number of thiophene rings is 1. The van der Waals surface area contributed by atoms with Crippen molar-refractivity contribution in [1.29, 1.82) is 0 Å². The Morgan fingerprint density at radius 1 is 1.17 bits per heavy atom. The maximum atomic E-state index is 13.5. The molecule has 1 amide bonds. The maximum Gasteiger partial charge on any atom is 0.222 e. The molecule has 1 atom stereocenters. The Bertz CT molecular complexity index is 753. The first-order chi connectivity index (χ1) is 11.2. The fourth-order valence-electron chi connectivity index (χ4n) is 2.51. The first-order valence-corrected chi connectivity index (χ1v) is 8.27. The highest BCUT2D eigenvalue weighted by atomic mass is 32.1. The SMILES string of the molecule is O=C(C[C@H](c1cccc(F)c1)n1cccc1)NCc1cccs1. The minimum Gasteiger partial charge on any atom is -0.351 e. The molecule has 2 aromatic heterocycles. The summed E-state index contributed by atoms with van der Waals surface area (Å²) < 4.78 is 15.5. The number of amides is 1. The van der Waals surface area contributed by atoms with Gasteiger partial charge in [-0.05, 0) is 41.3 Å². The van der Waals surface area contributed by atoms with Crippen molar-refractivity contribution in [1.82, 2.24) is 9.88 Å². The van der Waals surface area contributed by atoms with Gasteiger partial charge in [0.25, 0.3) is 0 Å². The van der Waals surface area contributed by atoms with Crippen LogP contribution in [0.1, 0.15) is 22.9 Å². The van der Waals surface area contributed by atoms with Crippen molar-refractivity contribution in [2.75, 3.05) is 0 Å². The molecule has 0 saturated carbocycles. The Hall–Kier alpha value is -2.40. The topological polar surface area (TPSA) is 34.0 Å². The van der Waals surface area contributed by atoms with Crippen molar-refractivity contribution in [3.63, 3.8) is 0 Å².